The van der Waals surface area contributed by atoms with E-state index in [4.69, 9.17) is 25.5 Å². The fraction of sp³-hybridized carbons (Fsp3) is 0.500. The summed E-state index contributed by atoms with van der Waals surface area (Å²) in [6.45, 7) is 15.8. The largest absolute Gasteiger partial charge is 0.488 e. The first kappa shape index (κ1) is 74.9. The smallest absolute Gasteiger partial charge is 0.312 e. The highest BCUT2D eigenvalue weighted by Crippen LogP contribution is 2.44. The van der Waals surface area contributed by atoms with Crippen LogP contribution >= 0.6 is 11.3 Å². The molecule has 12 rings (SSSR count). The van der Waals surface area contributed by atoms with E-state index in [0.29, 0.717) is 73.5 Å². The monoisotopic (exact) mass is 1460 g/mol. The molecule has 3 aromatic carbocycles. The molecule has 0 unspecified atom stereocenters. The molecule has 9 N–H and O–H groups in total. The number of nitrogens with two attached hydrogens (primary N) is 2. The fourth-order valence-electron chi connectivity index (χ4n) is 15.2. The first-order chi connectivity index (χ1) is 50.7. The first-order valence-electron chi connectivity index (χ1n) is 36.7. The molecule has 1 aliphatic carbocycles. The van der Waals surface area contributed by atoms with Crippen LogP contribution in [0.5, 0.6) is 11.6 Å². The number of carbonyl (C=O) groups is 8. The molecule has 5 aliphatic heterocycles. The molecular formula is C76H96N16O12S. The SMILES string of the molecule is Cc1ncsc1-c1ccc([C@H](C)NC(=O)[C@@H]2C[C@@H](O)CN2C(=O)[C@@H](c2cc(OCCN3CCC(CN4CCN5c6cc(-c7ccccc7OCc7ccc(NC(=O)[C@H](CCCNC(N)=O)N(CCCCCN8C(=O)C=CC8=O)C(=O)C8(C(N)=O)CCC8)cc7)nnc6NC[C@H]5C4)CC3)no2)C(C)C)cc1. The Morgan fingerprint density at radius 3 is 2.32 bits per heavy atom. The summed E-state index contributed by atoms with van der Waals surface area (Å²) < 4.78 is 18.4. The van der Waals surface area contributed by atoms with Gasteiger partial charge in [-0.15, -0.1) is 21.5 Å². The highest BCUT2D eigenvalue weighted by atomic mass is 32.1. The van der Waals surface area contributed by atoms with Crippen LogP contribution in [0.1, 0.15) is 126 Å². The number of rotatable bonds is 32. The quantitative estimate of drug-likeness (QED) is 0.0130. The van der Waals surface area contributed by atoms with Gasteiger partial charge in [-0.1, -0.05) is 68.8 Å². The maximum absolute atomic E-state index is 14.5. The Balaban J connectivity index is 0.593. The molecule has 6 aliphatic rings. The molecule has 0 spiro atoms. The summed E-state index contributed by atoms with van der Waals surface area (Å²) >= 11 is 1.58. The Morgan fingerprint density at radius 1 is 0.857 bits per heavy atom. The Labute approximate surface area is 614 Å². The van der Waals surface area contributed by atoms with Gasteiger partial charge < -0.3 is 66.5 Å². The molecule has 558 valence electrons. The van der Waals surface area contributed by atoms with E-state index in [1.807, 2.05) is 93.9 Å². The molecule has 105 heavy (non-hydrogen) atoms. The van der Waals surface area contributed by atoms with Crippen LogP contribution < -0.4 is 47.1 Å². The van der Waals surface area contributed by atoms with Gasteiger partial charge >= 0.3 is 6.03 Å². The Hall–Kier alpha value is -9.84. The van der Waals surface area contributed by atoms with Crippen molar-refractivity contribution in [3.8, 4) is 33.3 Å². The number of primary amides is 2. The molecule has 29 heteroatoms. The average Bonchev–Trinajstić information content (AvgIpc) is 1.52. The lowest BCUT2D eigenvalue weighted by Gasteiger charge is -2.47. The fourth-order valence-corrected chi connectivity index (χ4v) is 16.1. The second-order valence-corrected chi connectivity index (χ2v) is 29.7. The first-order valence-corrected chi connectivity index (χ1v) is 37.6. The number of anilines is 3. The number of nitrogens with zero attached hydrogens (tertiary/aromatic N) is 10. The van der Waals surface area contributed by atoms with Gasteiger partial charge in [0.15, 0.2) is 11.6 Å². The molecule has 1 saturated carbocycles. The van der Waals surface area contributed by atoms with Gasteiger partial charge in [-0.25, -0.2) is 9.78 Å². The van der Waals surface area contributed by atoms with E-state index in [9.17, 15) is 43.5 Å². The Morgan fingerprint density at radius 2 is 1.62 bits per heavy atom. The number of imide groups is 1. The zero-order chi connectivity index (χ0) is 73.9. The van der Waals surface area contributed by atoms with Crippen LogP contribution in [-0.4, -0.2) is 207 Å². The van der Waals surface area contributed by atoms with Crippen LogP contribution in [0.3, 0.4) is 0 Å². The van der Waals surface area contributed by atoms with Crippen molar-refractivity contribution in [2.24, 2.45) is 28.7 Å². The number of likely N-dealkylation sites (tertiary alicyclic amines) is 2. The minimum absolute atomic E-state index is 0.0357. The number of ether oxygens (including phenoxy) is 2. The van der Waals surface area contributed by atoms with Crippen LogP contribution in [-0.2, 0) is 40.2 Å². The van der Waals surface area contributed by atoms with Crippen molar-refractivity contribution in [1.29, 1.82) is 0 Å². The highest BCUT2D eigenvalue weighted by molar-refractivity contribution is 7.13. The molecule has 28 nitrogen and oxygen atoms in total. The zero-order valence-corrected chi connectivity index (χ0v) is 60.9. The van der Waals surface area contributed by atoms with Crippen molar-refractivity contribution in [2.45, 2.75) is 141 Å². The lowest BCUT2D eigenvalue weighted by Crippen LogP contribution is -2.59. The molecule has 9 amide bonds. The number of thiazole rings is 1. The van der Waals surface area contributed by atoms with Crippen molar-refractivity contribution in [2.75, 3.05) is 101 Å². The number of aryl methyl sites for hydroxylation is 1. The average molecular weight is 1460 g/mol. The second kappa shape index (κ2) is 33.9. The minimum atomic E-state index is -1.45. The van der Waals surface area contributed by atoms with E-state index in [1.54, 1.807) is 29.5 Å². The van der Waals surface area contributed by atoms with Gasteiger partial charge in [-0.05, 0) is 149 Å². The second-order valence-electron chi connectivity index (χ2n) is 28.8. The van der Waals surface area contributed by atoms with E-state index in [-0.39, 0.29) is 107 Å². The third-order valence-corrected chi connectivity index (χ3v) is 22.3. The molecule has 8 heterocycles. The van der Waals surface area contributed by atoms with E-state index in [1.165, 1.54) is 22.0 Å². The van der Waals surface area contributed by atoms with Gasteiger partial charge in [0.25, 0.3) is 17.7 Å². The molecule has 3 saturated heterocycles. The van der Waals surface area contributed by atoms with Gasteiger partial charge in [-0.2, -0.15) is 0 Å². The van der Waals surface area contributed by atoms with Crippen LogP contribution in [0.15, 0.2) is 107 Å². The number of unbranched alkanes of at least 4 members (excludes halogenated alkanes) is 2. The normalized spacial score (nSPS) is 19.6. The topological polar surface area (TPSA) is 360 Å². The molecule has 0 bridgehead atoms. The predicted molar refractivity (Wildman–Crippen MR) is 394 cm³/mol. The van der Waals surface area contributed by atoms with Crippen LogP contribution in [0.4, 0.5) is 22.0 Å². The van der Waals surface area contributed by atoms with Gasteiger partial charge in [0.1, 0.15) is 42.4 Å². The van der Waals surface area contributed by atoms with Crippen molar-refractivity contribution < 1.29 is 57.5 Å². The number of nitrogens with one attached hydrogen (secondary N) is 4. The van der Waals surface area contributed by atoms with Crippen molar-refractivity contribution in [1.82, 2.24) is 55.5 Å². The lowest BCUT2D eigenvalue weighted by molar-refractivity contribution is -0.159. The van der Waals surface area contributed by atoms with E-state index < -0.39 is 53.3 Å². The maximum atomic E-state index is 14.5. The summed E-state index contributed by atoms with van der Waals surface area (Å²) in [6, 6.07) is 23.9. The number of aromatic nitrogens is 4. The standard InChI is InChI=1S/C76H96N16O12S/c1-47(2)67(72(98)92-44-56(93)38-61(92)71(97)82-48(3)52-17-19-53(20-18-52)68-49(4)81-46-105-68)63-40-64(86-104-63)102-37-36-87-32-25-50(26-33-87)42-88-34-35-89-55(43-88)41-80-69-60(89)39-58(84-85-69)57-12-6-7-14-62(57)103-45-51-15-21-54(22-16-51)83-70(96)59(13-10-29-79-75(78)101)90(74(100)76(73(77)99)27-11-28-76)30-8-5-9-31-91-65(94)23-24-66(91)95/h6-7,12,14-24,39-40,46-48,50,55-56,59,61,67,93H,5,8-11,13,25-38,41-45H2,1-4H3,(H2,77,99)(H,80,85)(H,82,97)(H,83,96)(H3,78,79,101)/t48-,55-,56+,59-,61-,67+/m0/s1. The maximum Gasteiger partial charge on any atom is 0.312 e. The number of benzene rings is 3. The van der Waals surface area contributed by atoms with E-state index >= 15 is 0 Å². The van der Waals surface area contributed by atoms with Crippen molar-refractivity contribution >= 4 is 75.9 Å². The molecular weight excluding hydrogens is 1360 g/mol. The third-order valence-electron chi connectivity index (χ3n) is 21.4. The Bertz CT molecular complexity index is 4100. The molecule has 6 atom stereocenters. The number of para-hydroxylation sites is 1. The summed E-state index contributed by atoms with van der Waals surface area (Å²) in [5.74, 6) is -1.55. The van der Waals surface area contributed by atoms with Crippen LogP contribution in [0.2, 0.25) is 0 Å². The van der Waals surface area contributed by atoms with Gasteiger partial charge in [-0.3, -0.25) is 48.3 Å². The van der Waals surface area contributed by atoms with Crippen molar-refractivity contribution in [3.05, 3.63) is 125 Å². The number of carbonyl (C=O) groups excluding carboxylic acids is 8. The third kappa shape index (κ3) is 17.8. The number of aliphatic hydroxyl groups excluding tert-OH is 1. The summed E-state index contributed by atoms with van der Waals surface area (Å²) in [6.07, 6.45) is 6.82. The number of β-amino-alcohol motifs (C(OH)–C–C–N with tert-alkyl or cyclic N) is 1. The summed E-state index contributed by atoms with van der Waals surface area (Å²) in [4.78, 5) is 123. The number of amides is 9. The molecule has 3 aromatic heterocycles. The number of piperazine rings is 1. The van der Waals surface area contributed by atoms with Gasteiger partial charge in [0.2, 0.25) is 29.5 Å². The van der Waals surface area contributed by atoms with E-state index in [2.05, 4.69) is 62.4 Å². The van der Waals surface area contributed by atoms with Crippen LogP contribution in [0, 0.1) is 24.2 Å². The molecule has 4 fully saturated rings. The number of hydrogen-bond donors (Lipinski definition) is 7. The zero-order valence-electron chi connectivity index (χ0n) is 60.1. The number of urea groups is 1. The van der Waals surface area contributed by atoms with Crippen molar-refractivity contribution in [3.63, 3.8) is 0 Å². The van der Waals surface area contributed by atoms with Gasteiger partial charge in [0, 0.05) is 101 Å². The summed E-state index contributed by atoms with van der Waals surface area (Å²) in [7, 11) is 0. The molecule has 0 radical (unpaired) electrons. The minimum Gasteiger partial charge on any atom is -0.488 e. The van der Waals surface area contributed by atoms with Crippen LogP contribution in [0.25, 0.3) is 21.7 Å². The number of fused-ring (bicyclic) bond motifs is 3. The van der Waals surface area contributed by atoms with Gasteiger partial charge in [0.05, 0.1) is 45.7 Å². The number of aliphatic hydroxyl groups is 1. The summed E-state index contributed by atoms with van der Waals surface area (Å²) in [5.41, 5.74) is 18.3. The predicted octanol–water partition coefficient (Wildman–Crippen LogP) is 6.76. The number of piperidine rings is 1. The Kier molecular flexibility index (Phi) is 24.2. The summed E-state index contributed by atoms with van der Waals surface area (Å²) in [5, 5.41) is 36.5. The number of hydrogen-bond acceptors (Lipinski definition) is 21. The highest BCUT2D eigenvalue weighted by Gasteiger charge is 2.53. The lowest BCUT2D eigenvalue weighted by atomic mass is 9.67. The molecule has 6 aromatic rings. The van der Waals surface area contributed by atoms with E-state index in [0.717, 1.165) is 108 Å².